The number of hydrogen-bond donors (Lipinski definition) is 3. The Bertz CT molecular complexity index is 1280. The molecule has 0 saturated carbocycles. The Balaban J connectivity index is 1.80. The van der Waals surface area contributed by atoms with Crippen molar-refractivity contribution in [1.29, 1.82) is 0 Å². The first-order valence-corrected chi connectivity index (χ1v) is 10.3. The lowest BCUT2D eigenvalue weighted by Gasteiger charge is -2.19. The maximum Gasteiger partial charge on any atom is 0.176 e. The summed E-state index contributed by atoms with van der Waals surface area (Å²) in [6, 6.07) is 20.2. The summed E-state index contributed by atoms with van der Waals surface area (Å²) in [5, 5.41) is 12.9. The monoisotopic (exact) mass is 416 g/mol. The van der Waals surface area contributed by atoms with Crippen LogP contribution >= 0.6 is 11.6 Å². The van der Waals surface area contributed by atoms with Crippen molar-refractivity contribution in [2.45, 2.75) is 12.8 Å². The largest absolute Gasteiger partial charge is 0.503 e. The molecule has 150 valence electrons. The smallest absolute Gasteiger partial charge is 0.176 e. The van der Waals surface area contributed by atoms with Crippen LogP contribution in [0.1, 0.15) is 29.5 Å². The van der Waals surface area contributed by atoms with Crippen molar-refractivity contribution in [3.63, 3.8) is 0 Å². The van der Waals surface area contributed by atoms with E-state index in [0.29, 0.717) is 12.4 Å². The first kappa shape index (κ1) is 18.6. The molecule has 0 aliphatic heterocycles. The van der Waals surface area contributed by atoms with Gasteiger partial charge in [0.15, 0.2) is 11.5 Å². The van der Waals surface area contributed by atoms with Gasteiger partial charge in [0.2, 0.25) is 0 Å². The zero-order valence-corrected chi connectivity index (χ0v) is 17.2. The normalized spacial score (nSPS) is 11.6. The van der Waals surface area contributed by atoms with Gasteiger partial charge in [-0.2, -0.15) is 0 Å². The second-order valence-corrected chi connectivity index (χ2v) is 7.70. The van der Waals surface area contributed by atoms with Gasteiger partial charge >= 0.3 is 0 Å². The van der Waals surface area contributed by atoms with Crippen molar-refractivity contribution in [1.82, 2.24) is 9.97 Å². The Kier molecular flexibility index (Phi) is 4.64. The summed E-state index contributed by atoms with van der Waals surface area (Å²) in [5.41, 5.74) is 5.38. The minimum absolute atomic E-state index is 0.0288. The third kappa shape index (κ3) is 3.01. The lowest BCUT2D eigenvalue weighted by molar-refractivity contribution is 0.318. The molecule has 0 spiro atoms. The lowest BCUT2D eigenvalue weighted by atomic mass is 9.84. The summed E-state index contributed by atoms with van der Waals surface area (Å²) in [7, 11) is 0. The third-order valence-electron chi connectivity index (χ3n) is 5.55. The van der Waals surface area contributed by atoms with Gasteiger partial charge in [-0.3, -0.25) is 0 Å². The first-order chi connectivity index (χ1) is 14.7. The van der Waals surface area contributed by atoms with Gasteiger partial charge in [-0.25, -0.2) is 0 Å². The van der Waals surface area contributed by atoms with Gasteiger partial charge in [0.1, 0.15) is 0 Å². The number of para-hydroxylation sites is 2. The van der Waals surface area contributed by atoms with Crippen molar-refractivity contribution in [2.75, 3.05) is 6.61 Å². The summed E-state index contributed by atoms with van der Waals surface area (Å²) >= 11 is 6.41. The second-order valence-electron chi connectivity index (χ2n) is 7.29. The van der Waals surface area contributed by atoms with E-state index >= 15 is 0 Å². The number of fused-ring (bicyclic) bond motifs is 2. The fraction of sp³-hybridized carbons (Fsp3) is 0.120. The van der Waals surface area contributed by atoms with Crippen LogP contribution in [0.2, 0.25) is 5.02 Å². The highest BCUT2D eigenvalue weighted by Crippen LogP contribution is 2.44. The van der Waals surface area contributed by atoms with Gasteiger partial charge in [0, 0.05) is 40.1 Å². The highest BCUT2D eigenvalue weighted by atomic mass is 35.5. The van der Waals surface area contributed by atoms with Crippen LogP contribution in [-0.4, -0.2) is 21.7 Å². The van der Waals surface area contributed by atoms with Crippen molar-refractivity contribution in [3.8, 4) is 11.5 Å². The number of aromatic amines is 2. The molecule has 0 bridgehead atoms. The number of aromatic nitrogens is 2. The molecule has 3 N–H and O–H groups in total. The Labute approximate surface area is 179 Å². The van der Waals surface area contributed by atoms with E-state index in [2.05, 4.69) is 46.6 Å². The summed E-state index contributed by atoms with van der Waals surface area (Å²) in [6.07, 6.45) is 4.11. The molecular formula is C25H21ClN2O2. The SMILES string of the molecule is CCOc1cc(C(c2c[nH]c3ccccc23)c2c[nH]c3ccccc23)cc(Cl)c1O. The molecule has 0 amide bonds. The fourth-order valence-electron chi connectivity index (χ4n) is 4.22. The number of H-pyrrole nitrogens is 2. The molecular weight excluding hydrogens is 396 g/mol. The van der Waals surface area contributed by atoms with Gasteiger partial charge in [-0.05, 0) is 47.9 Å². The van der Waals surface area contributed by atoms with Crippen LogP contribution in [0.3, 0.4) is 0 Å². The number of ether oxygens (including phenoxy) is 1. The predicted molar refractivity (Wildman–Crippen MR) is 122 cm³/mol. The predicted octanol–water partition coefficient (Wildman–Crippen LogP) is 6.59. The fourth-order valence-corrected chi connectivity index (χ4v) is 4.44. The van der Waals surface area contributed by atoms with Crippen molar-refractivity contribution in [3.05, 3.63) is 94.8 Å². The minimum atomic E-state index is -0.102. The van der Waals surface area contributed by atoms with Crippen molar-refractivity contribution < 1.29 is 9.84 Å². The molecule has 30 heavy (non-hydrogen) atoms. The van der Waals surface area contributed by atoms with E-state index in [9.17, 15) is 5.11 Å². The Morgan fingerprint density at radius 1 is 0.900 bits per heavy atom. The maximum atomic E-state index is 10.4. The van der Waals surface area contributed by atoms with E-state index in [4.69, 9.17) is 16.3 Å². The van der Waals surface area contributed by atoms with E-state index in [0.717, 1.165) is 38.5 Å². The van der Waals surface area contributed by atoms with Crippen LogP contribution < -0.4 is 4.74 Å². The number of benzene rings is 3. The van der Waals surface area contributed by atoms with Crippen LogP contribution in [0.4, 0.5) is 0 Å². The second kappa shape index (κ2) is 7.47. The highest BCUT2D eigenvalue weighted by molar-refractivity contribution is 6.32. The van der Waals surface area contributed by atoms with Gasteiger partial charge in [-0.1, -0.05) is 48.0 Å². The summed E-state index contributed by atoms with van der Waals surface area (Å²) in [6.45, 7) is 2.33. The minimum Gasteiger partial charge on any atom is -0.503 e. The van der Waals surface area contributed by atoms with Gasteiger partial charge in [0.05, 0.1) is 11.6 Å². The Morgan fingerprint density at radius 2 is 1.47 bits per heavy atom. The van der Waals surface area contributed by atoms with E-state index < -0.39 is 0 Å². The number of rotatable bonds is 5. The summed E-state index contributed by atoms with van der Waals surface area (Å²) < 4.78 is 5.67. The number of halogens is 1. The topological polar surface area (TPSA) is 61.0 Å². The van der Waals surface area contributed by atoms with Crippen LogP contribution in [0, 0.1) is 0 Å². The molecule has 0 saturated heterocycles. The lowest BCUT2D eigenvalue weighted by Crippen LogP contribution is -2.04. The highest BCUT2D eigenvalue weighted by Gasteiger charge is 2.25. The summed E-state index contributed by atoms with van der Waals surface area (Å²) in [5.74, 6) is 0.262. The Morgan fingerprint density at radius 3 is 2.03 bits per heavy atom. The number of phenols is 1. The molecule has 0 atom stereocenters. The molecule has 0 fully saturated rings. The molecule has 5 heteroatoms. The average Bonchev–Trinajstić information content (AvgIpc) is 3.37. The van der Waals surface area contributed by atoms with Crippen molar-refractivity contribution in [2.24, 2.45) is 0 Å². The molecule has 2 aromatic heterocycles. The van der Waals surface area contributed by atoms with Crippen LogP contribution in [0.25, 0.3) is 21.8 Å². The zero-order valence-electron chi connectivity index (χ0n) is 16.4. The number of nitrogens with one attached hydrogen (secondary N) is 2. The van der Waals surface area contributed by atoms with E-state index in [-0.39, 0.29) is 16.7 Å². The number of hydrogen-bond acceptors (Lipinski definition) is 2. The zero-order chi connectivity index (χ0) is 20.7. The molecule has 0 radical (unpaired) electrons. The number of phenolic OH excluding ortho intramolecular Hbond substituents is 1. The molecule has 5 rings (SSSR count). The average molecular weight is 417 g/mol. The Hall–Kier alpha value is -3.37. The molecule has 0 unspecified atom stereocenters. The van der Waals surface area contributed by atoms with Gasteiger partial charge in [0.25, 0.3) is 0 Å². The van der Waals surface area contributed by atoms with Crippen LogP contribution in [-0.2, 0) is 0 Å². The van der Waals surface area contributed by atoms with E-state index in [1.165, 1.54) is 0 Å². The molecule has 4 nitrogen and oxygen atoms in total. The molecule has 0 aliphatic rings. The maximum absolute atomic E-state index is 10.4. The molecule has 5 aromatic rings. The molecule has 2 heterocycles. The quantitative estimate of drug-likeness (QED) is 0.302. The van der Waals surface area contributed by atoms with E-state index in [1.54, 1.807) is 0 Å². The molecule has 0 aliphatic carbocycles. The molecule has 3 aromatic carbocycles. The standard InChI is InChI=1S/C25H21ClN2O2/c1-2-30-23-12-15(11-20(26)25(23)29)24(18-13-27-21-9-5-3-7-16(18)21)19-14-28-22-10-6-4-8-17(19)22/h3-14,24,27-29H,2H2,1H3. The van der Waals surface area contributed by atoms with Crippen molar-refractivity contribution >= 4 is 33.4 Å². The first-order valence-electron chi connectivity index (χ1n) is 9.94. The summed E-state index contributed by atoms with van der Waals surface area (Å²) in [4.78, 5) is 6.78. The van der Waals surface area contributed by atoms with Crippen LogP contribution in [0.15, 0.2) is 73.1 Å². The third-order valence-corrected chi connectivity index (χ3v) is 5.84. The van der Waals surface area contributed by atoms with Crippen LogP contribution in [0.5, 0.6) is 11.5 Å². The van der Waals surface area contributed by atoms with Gasteiger partial charge < -0.3 is 19.8 Å². The number of aromatic hydroxyl groups is 1. The van der Waals surface area contributed by atoms with E-state index in [1.807, 2.05) is 43.3 Å². The van der Waals surface area contributed by atoms with Gasteiger partial charge in [-0.15, -0.1) is 0 Å².